The fraction of sp³-hybridized carbons (Fsp3) is 0.417. The molecule has 1 aromatic rings. The smallest absolute Gasteiger partial charge is 0.175 e. The summed E-state index contributed by atoms with van der Waals surface area (Å²) in [6.45, 7) is 1.11. The Balaban J connectivity index is 1.90. The summed E-state index contributed by atoms with van der Waals surface area (Å²) in [4.78, 5) is 11.7. The molecule has 1 saturated heterocycles. The summed E-state index contributed by atoms with van der Waals surface area (Å²) in [5.41, 5.74) is 0. The standard InChI is InChI=1S/C12H12BrFO3/c13-10-5-9(14)1-2-12(10)17-7-11(15)8-3-4-16-6-8/h1-2,5,8H,3-4,6-7H2. The highest BCUT2D eigenvalue weighted by Crippen LogP contribution is 2.25. The Morgan fingerprint density at radius 2 is 2.41 bits per heavy atom. The van der Waals surface area contributed by atoms with Crippen molar-refractivity contribution in [1.29, 1.82) is 0 Å². The fourth-order valence-corrected chi connectivity index (χ4v) is 2.11. The molecule has 1 heterocycles. The first-order chi connectivity index (χ1) is 8.16. The molecule has 1 unspecified atom stereocenters. The maximum Gasteiger partial charge on any atom is 0.175 e. The molecule has 0 saturated carbocycles. The van der Waals surface area contributed by atoms with Gasteiger partial charge in [-0.1, -0.05) is 0 Å². The quantitative estimate of drug-likeness (QED) is 0.857. The average Bonchev–Trinajstić information content (AvgIpc) is 2.81. The zero-order valence-corrected chi connectivity index (χ0v) is 10.7. The van der Waals surface area contributed by atoms with Gasteiger partial charge in [-0.3, -0.25) is 4.79 Å². The first-order valence-corrected chi connectivity index (χ1v) is 6.14. The lowest BCUT2D eigenvalue weighted by atomic mass is 10.0. The van der Waals surface area contributed by atoms with Crippen LogP contribution in [0.2, 0.25) is 0 Å². The highest BCUT2D eigenvalue weighted by Gasteiger charge is 2.23. The van der Waals surface area contributed by atoms with Crippen LogP contribution < -0.4 is 4.74 Å². The molecule has 17 heavy (non-hydrogen) atoms. The zero-order valence-electron chi connectivity index (χ0n) is 9.12. The molecule has 0 bridgehead atoms. The molecule has 1 fully saturated rings. The second-order valence-corrected chi connectivity index (χ2v) is 4.74. The van der Waals surface area contributed by atoms with Gasteiger partial charge in [0, 0.05) is 12.5 Å². The lowest BCUT2D eigenvalue weighted by Crippen LogP contribution is -2.21. The van der Waals surface area contributed by atoms with Crippen molar-refractivity contribution in [1.82, 2.24) is 0 Å². The summed E-state index contributed by atoms with van der Waals surface area (Å²) in [5.74, 6) is 0.0892. The number of hydrogen-bond acceptors (Lipinski definition) is 3. The molecular weight excluding hydrogens is 291 g/mol. The van der Waals surface area contributed by atoms with E-state index < -0.39 is 0 Å². The summed E-state index contributed by atoms with van der Waals surface area (Å²) in [5, 5.41) is 0. The van der Waals surface area contributed by atoms with Crippen LogP contribution in [-0.4, -0.2) is 25.6 Å². The summed E-state index contributed by atoms with van der Waals surface area (Å²) >= 11 is 3.18. The van der Waals surface area contributed by atoms with Crippen LogP contribution in [0.15, 0.2) is 22.7 Å². The molecule has 1 atom stereocenters. The van der Waals surface area contributed by atoms with Crippen molar-refractivity contribution in [3.63, 3.8) is 0 Å². The predicted octanol–water partition coefficient (Wildman–Crippen LogP) is 2.57. The van der Waals surface area contributed by atoms with Gasteiger partial charge in [0.25, 0.3) is 0 Å². The van der Waals surface area contributed by atoms with E-state index in [9.17, 15) is 9.18 Å². The topological polar surface area (TPSA) is 35.5 Å². The Hall–Kier alpha value is -0.940. The van der Waals surface area contributed by atoms with E-state index in [2.05, 4.69) is 15.9 Å². The van der Waals surface area contributed by atoms with Crippen LogP contribution in [0.3, 0.4) is 0 Å². The van der Waals surface area contributed by atoms with Crippen LogP contribution >= 0.6 is 15.9 Å². The van der Waals surface area contributed by atoms with E-state index >= 15 is 0 Å². The van der Waals surface area contributed by atoms with Crippen molar-refractivity contribution >= 4 is 21.7 Å². The monoisotopic (exact) mass is 302 g/mol. The molecule has 0 radical (unpaired) electrons. The molecule has 0 aromatic heterocycles. The molecule has 1 aromatic carbocycles. The summed E-state index contributed by atoms with van der Waals surface area (Å²) < 4.78 is 23.8. The van der Waals surface area contributed by atoms with Crippen LogP contribution in [0.25, 0.3) is 0 Å². The van der Waals surface area contributed by atoms with Crippen molar-refractivity contribution in [2.45, 2.75) is 6.42 Å². The Bertz CT molecular complexity index is 416. The predicted molar refractivity (Wildman–Crippen MR) is 63.5 cm³/mol. The van der Waals surface area contributed by atoms with Crippen molar-refractivity contribution in [2.75, 3.05) is 19.8 Å². The third-order valence-electron chi connectivity index (χ3n) is 2.65. The number of benzene rings is 1. The van der Waals surface area contributed by atoms with Crippen molar-refractivity contribution < 1.29 is 18.7 Å². The highest BCUT2D eigenvalue weighted by atomic mass is 79.9. The van der Waals surface area contributed by atoms with Gasteiger partial charge in [-0.15, -0.1) is 0 Å². The summed E-state index contributed by atoms with van der Waals surface area (Å²) in [6, 6.07) is 4.10. The SMILES string of the molecule is O=C(COc1ccc(F)cc1Br)C1CCOC1. The van der Waals surface area contributed by atoms with E-state index in [0.29, 0.717) is 23.4 Å². The lowest BCUT2D eigenvalue weighted by Gasteiger charge is -2.10. The maximum atomic E-state index is 12.8. The van der Waals surface area contributed by atoms with E-state index in [4.69, 9.17) is 9.47 Å². The first-order valence-electron chi connectivity index (χ1n) is 5.35. The van der Waals surface area contributed by atoms with Gasteiger partial charge in [-0.25, -0.2) is 4.39 Å². The minimum absolute atomic E-state index is 0.00173. The average molecular weight is 303 g/mol. The van der Waals surface area contributed by atoms with Gasteiger partial charge in [0.15, 0.2) is 5.78 Å². The second kappa shape index (κ2) is 5.60. The molecule has 92 valence electrons. The van der Waals surface area contributed by atoms with Gasteiger partial charge in [0.2, 0.25) is 0 Å². The van der Waals surface area contributed by atoms with E-state index in [1.807, 2.05) is 0 Å². The number of halogens is 2. The Morgan fingerprint density at radius 1 is 1.59 bits per heavy atom. The Morgan fingerprint density at radius 3 is 3.06 bits per heavy atom. The summed E-state index contributed by atoms with van der Waals surface area (Å²) in [7, 11) is 0. The first kappa shape index (κ1) is 12.5. The molecule has 0 N–H and O–H groups in total. The summed E-state index contributed by atoms with van der Waals surface area (Å²) in [6.07, 6.45) is 0.757. The fourth-order valence-electron chi connectivity index (χ4n) is 1.65. The molecule has 1 aliphatic heterocycles. The van der Waals surface area contributed by atoms with Crippen LogP contribution in [-0.2, 0) is 9.53 Å². The van der Waals surface area contributed by atoms with E-state index in [1.165, 1.54) is 18.2 Å². The minimum Gasteiger partial charge on any atom is -0.485 e. The van der Waals surface area contributed by atoms with Gasteiger partial charge >= 0.3 is 0 Å². The Labute approximate surface area is 107 Å². The maximum absolute atomic E-state index is 12.8. The number of hydrogen-bond donors (Lipinski definition) is 0. The molecule has 1 aliphatic rings. The number of rotatable bonds is 4. The number of carbonyl (C=O) groups excluding carboxylic acids is 1. The van der Waals surface area contributed by atoms with Gasteiger partial charge in [-0.2, -0.15) is 0 Å². The third kappa shape index (κ3) is 3.26. The van der Waals surface area contributed by atoms with Crippen molar-refractivity contribution in [2.24, 2.45) is 5.92 Å². The number of ketones is 1. The number of carbonyl (C=O) groups is 1. The number of Topliss-reactive ketones (excluding diaryl/α,β-unsaturated/α-hetero) is 1. The molecule has 0 spiro atoms. The molecular formula is C12H12BrFO3. The second-order valence-electron chi connectivity index (χ2n) is 3.89. The van der Waals surface area contributed by atoms with E-state index in [0.717, 1.165) is 6.42 Å². The zero-order chi connectivity index (χ0) is 12.3. The lowest BCUT2D eigenvalue weighted by molar-refractivity contribution is -0.124. The van der Waals surface area contributed by atoms with Gasteiger partial charge in [0.05, 0.1) is 11.1 Å². The van der Waals surface area contributed by atoms with Crippen LogP contribution in [0, 0.1) is 11.7 Å². The highest BCUT2D eigenvalue weighted by molar-refractivity contribution is 9.10. The molecule has 2 rings (SSSR count). The molecule has 0 aliphatic carbocycles. The Kier molecular flexibility index (Phi) is 4.12. The van der Waals surface area contributed by atoms with Crippen LogP contribution in [0.5, 0.6) is 5.75 Å². The molecule has 0 amide bonds. The van der Waals surface area contributed by atoms with Gasteiger partial charge < -0.3 is 9.47 Å². The van der Waals surface area contributed by atoms with Crippen molar-refractivity contribution in [3.05, 3.63) is 28.5 Å². The van der Waals surface area contributed by atoms with Gasteiger partial charge in [-0.05, 0) is 40.5 Å². The minimum atomic E-state index is -0.347. The largest absolute Gasteiger partial charge is 0.485 e. The van der Waals surface area contributed by atoms with E-state index in [1.54, 1.807) is 0 Å². The molecule has 5 heteroatoms. The van der Waals surface area contributed by atoms with Gasteiger partial charge in [0.1, 0.15) is 18.2 Å². The third-order valence-corrected chi connectivity index (χ3v) is 3.27. The van der Waals surface area contributed by atoms with Crippen LogP contribution in [0.4, 0.5) is 4.39 Å². The van der Waals surface area contributed by atoms with Crippen molar-refractivity contribution in [3.8, 4) is 5.75 Å². The molecule has 3 nitrogen and oxygen atoms in total. The number of ether oxygens (including phenoxy) is 2. The van der Waals surface area contributed by atoms with Crippen LogP contribution in [0.1, 0.15) is 6.42 Å². The van der Waals surface area contributed by atoms with E-state index in [-0.39, 0.29) is 24.1 Å². The normalized spacial score (nSPS) is 19.3.